The van der Waals surface area contributed by atoms with Crippen LogP contribution >= 0.6 is 0 Å². The minimum absolute atomic E-state index is 0.00144. The average Bonchev–Trinajstić information content (AvgIpc) is 2.43. The van der Waals surface area contributed by atoms with Gasteiger partial charge in [-0.05, 0) is 40.4 Å². The number of nitrogens with one attached hydrogen (secondary N) is 1. The van der Waals surface area contributed by atoms with Crippen LogP contribution in [0.15, 0.2) is 24.3 Å². The molecule has 0 spiro atoms. The molecule has 0 bridgehead atoms. The van der Waals surface area contributed by atoms with Crippen molar-refractivity contribution >= 4 is 11.8 Å². The second-order valence-corrected chi connectivity index (χ2v) is 5.53. The minimum atomic E-state index is -0.0631. The van der Waals surface area contributed by atoms with E-state index in [4.69, 9.17) is 5.73 Å². The van der Waals surface area contributed by atoms with E-state index in [-0.39, 0.29) is 11.8 Å². The van der Waals surface area contributed by atoms with Gasteiger partial charge >= 0.3 is 0 Å². The zero-order valence-corrected chi connectivity index (χ0v) is 14.7. The second-order valence-electron chi connectivity index (χ2n) is 5.53. The maximum absolute atomic E-state index is 11.1. The van der Waals surface area contributed by atoms with Gasteiger partial charge in [0.2, 0.25) is 11.8 Å². The third-order valence-corrected chi connectivity index (χ3v) is 2.62. The molecule has 0 aliphatic carbocycles. The normalized spacial score (nSPS) is 9.59. The standard InChI is InChI=1S/2C8H16N2O/c1-7(2)8(11)9-5-6-10(3)4;1-7(5-4-6-9)8(11)10(2)3/h1,5-6H2,2-4H3,(H,9,11);1,4-6,9H2,2-3H3. The van der Waals surface area contributed by atoms with Gasteiger partial charge in [-0.1, -0.05) is 13.2 Å². The van der Waals surface area contributed by atoms with Gasteiger partial charge in [-0.15, -0.1) is 0 Å². The fourth-order valence-electron chi connectivity index (χ4n) is 1.28. The van der Waals surface area contributed by atoms with Crippen LogP contribution in [0.25, 0.3) is 0 Å². The molecular weight excluding hydrogens is 280 g/mol. The molecule has 0 aliphatic heterocycles. The maximum atomic E-state index is 11.1. The number of carbonyl (C=O) groups is 2. The van der Waals surface area contributed by atoms with Gasteiger partial charge in [0.25, 0.3) is 0 Å². The van der Waals surface area contributed by atoms with E-state index in [1.54, 1.807) is 21.0 Å². The molecule has 0 saturated carbocycles. The summed E-state index contributed by atoms with van der Waals surface area (Å²) in [6.45, 7) is 11.0. The average molecular weight is 312 g/mol. The van der Waals surface area contributed by atoms with Crippen molar-refractivity contribution in [2.24, 2.45) is 5.73 Å². The molecule has 6 heteroatoms. The Bertz CT molecular complexity index is 376. The Morgan fingerprint density at radius 1 is 1.14 bits per heavy atom. The molecule has 0 aromatic rings. The summed E-state index contributed by atoms with van der Waals surface area (Å²) in [5, 5.41) is 2.73. The van der Waals surface area contributed by atoms with Crippen molar-refractivity contribution in [1.29, 1.82) is 0 Å². The number of rotatable bonds is 8. The highest BCUT2D eigenvalue weighted by Crippen LogP contribution is 2.03. The van der Waals surface area contributed by atoms with Crippen molar-refractivity contribution in [3.8, 4) is 0 Å². The van der Waals surface area contributed by atoms with Crippen molar-refractivity contribution in [1.82, 2.24) is 15.1 Å². The molecule has 0 aromatic carbocycles. The highest BCUT2D eigenvalue weighted by atomic mass is 16.2. The van der Waals surface area contributed by atoms with E-state index in [0.29, 0.717) is 30.7 Å². The molecule has 22 heavy (non-hydrogen) atoms. The number of amides is 2. The molecule has 0 heterocycles. The van der Waals surface area contributed by atoms with Gasteiger partial charge in [-0.2, -0.15) is 0 Å². The summed E-state index contributed by atoms with van der Waals surface area (Å²) in [5.41, 5.74) is 6.49. The van der Waals surface area contributed by atoms with Crippen LogP contribution in [0, 0.1) is 0 Å². The third kappa shape index (κ3) is 13.3. The van der Waals surface area contributed by atoms with Crippen molar-refractivity contribution in [2.45, 2.75) is 19.8 Å². The Labute approximate surface area is 135 Å². The number of hydrogen-bond donors (Lipinski definition) is 2. The first-order valence-corrected chi connectivity index (χ1v) is 7.31. The lowest BCUT2D eigenvalue weighted by Gasteiger charge is -2.11. The predicted molar refractivity (Wildman–Crippen MR) is 92.5 cm³/mol. The Morgan fingerprint density at radius 2 is 1.68 bits per heavy atom. The van der Waals surface area contributed by atoms with Crippen LogP contribution in [0.1, 0.15) is 19.8 Å². The molecule has 0 unspecified atom stereocenters. The van der Waals surface area contributed by atoms with E-state index in [0.717, 1.165) is 13.0 Å². The van der Waals surface area contributed by atoms with E-state index < -0.39 is 0 Å². The number of nitrogens with zero attached hydrogens (tertiary/aromatic N) is 2. The maximum Gasteiger partial charge on any atom is 0.248 e. The summed E-state index contributed by atoms with van der Waals surface area (Å²) in [4.78, 5) is 25.6. The van der Waals surface area contributed by atoms with Crippen LogP contribution in [0.5, 0.6) is 0 Å². The van der Waals surface area contributed by atoms with Gasteiger partial charge < -0.3 is 20.9 Å². The summed E-state index contributed by atoms with van der Waals surface area (Å²) < 4.78 is 0. The molecule has 0 radical (unpaired) electrons. The molecule has 0 saturated heterocycles. The monoisotopic (exact) mass is 312 g/mol. The molecule has 128 valence electrons. The summed E-state index contributed by atoms with van der Waals surface area (Å²) in [6.07, 6.45) is 1.53. The lowest BCUT2D eigenvalue weighted by atomic mass is 10.1. The number of nitrogens with two attached hydrogens (primary N) is 1. The molecule has 2 amide bonds. The van der Waals surface area contributed by atoms with E-state index >= 15 is 0 Å². The van der Waals surface area contributed by atoms with Gasteiger partial charge in [0.05, 0.1) is 0 Å². The zero-order chi connectivity index (χ0) is 17.7. The van der Waals surface area contributed by atoms with Crippen molar-refractivity contribution in [3.63, 3.8) is 0 Å². The molecule has 0 fully saturated rings. The van der Waals surface area contributed by atoms with Gasteiger partial charge in [-0.3, -0.25) is 9.59 Å². The molecule has 3 N–H and O–H groups in total. The van der Waals surface area contributed by atoms with Gasteiger partial charge in [0, 0.05) is 38.3 Å². The van der Waals surface area contributed by atoms with Crippen LogP contribution < -0.4 is 11.1 Å². The third-order valence-electron chi connectivity index (χ3n) is 2.62. The minimum Gasteiger partial charge on any atom is -0.351 e. The summed E-state index contributed by atoms with van der Waals surface area (Å²) in [6, 6.07) is 0. The smallest absolute Gasteiger partial charge is 0.248 e. The summed E-state index contributed by atoms with van der Waals surface area (Å²) in [7, 11) is 7.37. The Balaban J connectivity index is 0. The second kappa shape index (κ2) is 13.0. The zero-order valence-electron chi connectivity index (χ0n) is 14.7. The van der Waals surface area contributed by atoms with Crippen LogP contribution in [0.3, 0.4) is 0 Å². The highest BCUT2D eigenvalue weighted by Gasteiger charge is 2.07. The molecule has 0 atom stereocenters. The quantitative estimate of drug-likeness (QED) is 0.644. The van der Waals surface area contributed by atoms with Crippen LogP contribution in [-0.2, 0) is 9.59 Å². The van der Waals surface area contributed by atoms with Crippen LogP contribution in [-0.4, -0.2) is 69.4 Å². The van der Waals surface area contributed by atoms with Gasteiger partial charge in [-0.25, -0.2) is 0 Å². The summed E-state index contributed by atoms with van der Waals surface area (Å²) in [5.74, 6) is -0.0645. The Hall–Kier alpha value is -1.66. The van der Waals surface area contributed by atoms with E-state index in [2.05, 4.69) is 18.5 Å². The van der Waals surface area contributed by atoms with E-state index in [9.17, 15) is 9.59 Å². The van der Waals surface area contributed by atoms with Gasteiger partial charge in [0.1, 0.15) is 0 Å². The molecule has 0 rings (SSSR count). The first-order valence-electron chi connectivity index (χ1n) is 7.31. The van der Waals surface area contributed by atoms with Crippen molar-refractivity contribution in [3.05, 3.63) is 24.3 Å². The number of hydrogen-bond acceptors (Lipinski definition) is 4. The Kier molecular flexibility index (Phi) is 13.4. The first kappa shape index (κ1) is 22.6. The van der Waals surface area contributed by atoms with Crippen LogP contribution in [0.4, 0.5) is 0 Å². The lowest BCUT2D eigenvalue weighted by Crippen LogP contribution is -2.31. The number of carbonyl (C=O) groups excluding carboxylic acids is 2. The van der Waals surface area contributed by atoms with Crippen molar-refractivity contribution < 1.29 is 9.59 Å². The first-order chi connectivity index (χ1) is 10.1. The fourth-order valence-corrected chi connectivity index (χ4v) is 1.28. The SMILES string of the molecule is C=C(C)C(=O)NCCN(C)C.C=C(CCCN)C(=O)N(C)C. The highest BCUT2D eigenvalue weighted by molar-refractivity contribution is 5.92. The topological polar surface area (TPSA) is 78.7 Å². The largest absolute Gasteiger partial charge is 0.351 e. The molecule has 0 aromatic heterocycles. The molecule has 0 aliphatic rings. The predicted octanol–water partition coefficient (Wildman–Crippen LogP) is 0.610. The van der Waals surface area contributed by atoms with E-state index in [1.165, 1.54) is 4.90 Å². The lowest BCUT2D eigenvalue weighted by molar-refractivity contribution is -0.124. The number of likely N-dealkylation sites (N-methyl/N-ethyl adjacent to an activating group) is 2. The van der Waals surface area contributed by atoms with Crippen LogP contribution in [0.2, 0.25) is 0 Å². The van der Waals surface area contributed by atoms with E-state index in [1.807, 2.05) is 19.0 Å². The summed E-state index contributed by atoms with van der Waals surface area (Å²) >= 11 is 0. The van der Waals surface area contributed by atoms with Gasteiger partial charge in [0.15, 0.2) is 0 Å². The Morgan fingerprint density at radius 3 is 2.05 bits per heavy atom. The fraction of sp³-hybridized carbons (Fsp3) is 0.625. The van der Waals surface area contributed by atoms with Crippen molar-refractivity contribution in [2.75, 3.05) is 47.8 Å². The molecule has 6 nitrogen and oxygen atoms in total. The molecular formula is C16H32N4O2.